The van der Waals surface area contributed by atoms with Crippen LogP contribution in [0.5, 0.6) is 0 Å². The van der Waals surface area contributed by atoms with Crippen molar-refractivity contribution in [2.24, 2.45) is 0 Å². The van der Waals surface area contributed by atoms with Gasteiger partial charge in [-0.1, -0.05) is 13.2 Å². The van der Waals surface area contributed by atoms with Crippen molar-refractivity contribution in [1.82, 2.24) is 0 Å². The molecule has 0 radical (unpaired) electrons. The molecular formula is C7H9FO. The fraction of sp³-hybridized carbons (Fsp3) is 0.143. The maximum absolute atomic E-state index is 12.4. The van der Waals surface area contributed by atoms with Gasteiger partial charge in [-0.3, -0.25) is 0 Å². The molecule has 0 unspecified atom stereocenters. The molecule has 0 atom stereocenters. The fourth-order valence-electron chi connectivity index (χ4n) is 0.379. The zero-order valence-corrected chi connectivity index (χ0v) is 5.36. The highest BCUT2D eigenvalue weighted by Crippen LogP contribution is 2.07. The number of ether oxygens (including phenoxy) is 1. The average Bonchev–Trinajstić information content (AvgIpc) is 1.90. The van der Waals surface area contributed by atoms with Crippen LogP contribution >= 0.6 is 0 Å². The molecule has 9 heavy (non-hydrogen) atoms. The summed E-state index contributed by atoms with van der Waals surface area (Å²) in [5.74, 6) is -0.377. The lowest BCUT2D eigenvalue weighted by atomic mass is 10.4. The number of hydrogen-bond acceptors (Lipinski definition) is 1. The van der Waals surface area contributed by atoms with Crippen molar-refractivity contribution in [2.75, 3.05) is 7.11 Å². The van der Waals surface area contributed by atoms with E-state index in [2.05, 4.69) is 17.9 Å². The van der Waals surface area contributed by atoms with Gasteiger partial charge < -0.3 is 4.74 Å². The van der Waals surface area contributed by atoms with Crippen LogP contribution in [0.15, 0.2) is 36.9 Å². The van der Waals surface area contributed by atoms with Crippen LogP contribution in [0.3, 0.4) is 0 Å². The highest BCUT2D eigenvalue weighted by molar-refractivity contribution is 5.20. The Morgan fingerprint density at radius 1 is 1.44 bits per heavy atom. The van der Waals surface area contributed by atoms with Crippen molar-refractivity contribution in [2.45, 2.75) is 0 Å². The molecule has 0 spiro atoms. The van der Waals surface area contributed by atoms with Crippen LogP contribution in [-0.2, 0) is 4.74 Å². The van der Waals surface area contributed by atoms with Gasteiger partial charge in [0, 0.05) is 0 Å². The molecule has 0 amide bonds. The van der Waals surface area contributed by atoms with Gasteiger partial charge in [0.2, 0.25) is 0 Å². The number of methoxy groups -OCH3 is 1. The molecule has 0 aromatic carbocycles. The molecule has 0 saturated heterocycles. The zero-order chi connectivity index (χ0) is 7.28. The minimum atomic E-state index is -0.493. The van der Waals surface area contributed by atoms with Gasteiger partial charge >= 0.3 is 0 Å². The summed E-state index contributed by atoms with van der Waals surface area (Å²) < 4.78 is 16.9. The van der Waals surface area contributed by atoms with E-state index in [-0.39, 0.29) is 5.76 Å². The topological polar surface area (TPSA) is 9.23 Å². The maximum Gasteiger partial charge on any atom is 0.164 e. The summed E-state index contributed by atoms with van der Waals surface area (Å²) in [5, 5.41) is 0. The van der Waals surface area contributed by atoms with E-state index in [4.69, 9.17) is 0 Å². The Bertz CT molecular complexity index is 147. The lowest BCUT2D eigenvalue weighted by molar-refractivity contribution is 0.293. The highest BCUT2D eigenvalue weighted by atomic mass is 19.1. The van der Waals surface area contributed by atoms with Crippen LogP contribution in [0.2, 0.25) is 0 Å². The smallest absolute Gasteiger partial charge is 0.164 e. The first-order chi connectivity index (χ1) is 4.26. The molecule has 0 heterocycles. The molecule has 2 heteroatoms. The molecule has 0 bridgehead atoms. The molecule has 0 rings (SSSR count). The Labute approximate surface area is 54.1 Å². The minimum absolute atomic E-state index is 0.116. The van der Waals surface area contributed by atoms with Gasteiger partial charge in [-0.15, -0.1) is 0 Å². The molecule has 0 fully saturated rings. The van der Waals surface area contributed by atoms with Gasteiger partial charge in [0.25, 0.3) is 0 Å². The molecule has 0 saturated carbocycles. The van der Waals surface area contributed by atoms with Gasteiger partial charge in [-0.05, 0) is 12.2 Å². The van der Waals surface area contributed by atoms with Crippen LogP contribution in [-0.4, -0.2) is 7.11 Å². The van der Waals surface area contributed by atoms with Crippen molar-refractivity contribution in [1.29, 1.82) is 0 Å². The number of allylic oxidation sites excluding steroid dienone is 3. The van der Waals surface area contributed by atoms with Gasteiger partial charge in [-0.25, -0.2) is 4.39 Å². The minimum Gasteiger partial charge on any atom is -0.494 e. The first kappa shape index (κ1) is 7.95. The van der Waals surface area contributed by atoms with Crippen molar-refractivity contribution in [3.05, 3.63) is 36.9 Å². The van der Waals surface area contributed by atoms with Crippen LogP contribution < -0.4 is 0 Å². The molecule has 0 aliphatic carbocycles. The largest absolute Gasteiger partial charge is 0.494 e. The Hall–Kier alpha value is -1.05. The van der Waals surface area contributed by atoms with E-state index in [0.29, 0.717) is 0 Å². The van der Waals surface area contributed by atoms with E-state index in [9.17, 15) is 4.39 Å². The SMILES string of the molecule is C=CC(F)=C(C=C)OC. The first-order valence-electron chi connectivity index (χ1n) is 2.45. The predicted molar refractivity (Wildman–Crippen MR) is 35.5 cm³/mol. The highest BCUT2D eigenvalue weighted by Gasteiger charge is 1.95. The van der Waals surface area contributed by atoms with E-state index in [0.717, 1.165) is 6.08 Å². The average molecular weight is 128 g/mol. The van der Waals surface area contributed by atoms with Crippen molar-refractivity contribution >= 4 is 0 Å². The second-order valence-electron chi connectivity index (χ2n) is 1.32. The molecule has 50 valence electrons. The molecule has 0 aliphatic rings. The van der Waals surface area contributed by atoms with Crippen molar-refractivity contribution < 1.29 is 9.13 Å². The molecule has 0 aromatic rings. The van der Waals surface area contributed by atoms with Gasteiger partial charge in [0.1, 0.15) is 0 Å². The van der Waals surface area contributed by atoms with Crippen molar-refractivity contribution in [3.63, 3.8) is 0 Å². The van der Waals surface area contributed by atoms with Crippen LogP contribution in [0.4, 0.5) is 4.39 Å². The third-order valence-electron chi connectivity index (χ3n) is 0.820. The Kier molecular flexibility index (Phi) is 3.44. The van der Waals surface area contributed by atoms with Gasteiger partial charge in [0.05, 0.1) is 7.11 Å². The van der Waals surface area contributed by atoms with E-state index in [1.807, 2.05) is 0 Å². The fourth-order valence-corrected chi connectivity index (χ4v) is 0.379. The number of hydrogen-bond donors (Lipinski definition) is 0. The van der Waals surface area contributed by atoms with E-state index < -0.39 is 5.83 Å². The maximum atomic E-state index is 12.4. The Morgan fingerprint density at radius 2 is 2.00 bits per heavy atom. The molecule has 0 N–H and O–H groups in total. The molecule has 0 aliphatic heterocycles. The summed E-state index contributed by atoms with van der Waals surface area (Å²) in [7, 11) is 1.38. The summed E-state index contributed by atoms with van der Waals surface area (Å²) >= 11 is 0. The van der Waals surface area contributed by atoms with Crippen LogP contribution in [0.1, 0.15) is 0 Å². The third-order valence-corrected chi connectivity index (χ3v) is 0.820. The van der Waals surface area contributed by atoms with E-state index in [1.54, 1.807) is 0 Å². The second-order valence-corrected chi connectivity index (χ2v) is 1.32. The lowest BCUT2D eigenvalue weighted by Crippen LogP contribution is -1.82. The molecule has 0 aromatic heterocycles. The monoisotopic (exact) mass is 128 g/mol. The zero-order valence-electron chi connectivity index (χ0n) is 5.36. The van der Waals surface area contributed by atoms with Crippen molar-refractivity contribution in [3.8, 4) is 0 Å². The molecular weight excluding hydrogens is 119 g/mol. The molecule has 1 nitrogen and oxygen atoms in total. The third kappa shape index (κ3) is 2.13. The van der Waals surface area contributed by atoms with E-state index in [1.165, 1.54) is 13.2 Å². The summed E-state index contributed by atoms with van der Waals surface area (Å²) in [6, 6.07) is 0. The summed E-state index contributed by atoms with van der Waals surface area (Å²) in [6.45, 7) is 6.55. The Balaban J connectivity index is 4.36. The summed E-state index contributed by atoms with van der Waals surface area (Å²) in [4.78, 5) is 0. The second kappa shape index (κ2) is 3.89. The van der Waals surface area contributed by atoms with Gasteiger partial charge in [0.15, 0.2) is 11.6 Å². The lowest BCUT2D eigenvalue weighted by Gasteiger charge is -1.97. The number of halogens is 1. The van der Waals surface area contributed by atoms with Crippen LogP contribution in [0.25, 0.3) is 0 Å². The van der Waals surface area contributed by atoms with E-state index >= 15 is 0 Å². The predicted octanol–water partition coefficient (Wildman–Crippen LogP) is 2.19. The summed E-state index contributed by atoms with van der Waals surface area (Å²) in [5.41, 5.74) is 0. The summed E-state index contributed by atoms with van der Waals surface area (Å²) in [6.07, 6.45) is 2.36. The van der Waals surface area contributed by atoms with Crippen LogP contribution in [0, 0.1) is 0 Å². The van der Waals surface area contributed by atoms with Gasteiger partial charge in [-0.2, -0.15) is 0 Å². The Morgan fingerprint density at radius 3 is 2.11 bits per heavy atom. The normalized spacial score (nSPS) is 11.8. The quantitative estimate of drug-likeness (QED) is 0.418. The number of rotatable bonds is 3. The standard InChI is InChI=1S/C7H9FO/c1-4-6(8)7(5-2)9-3/h4-5H,1-2H2,3H3. The first-order valence-corrected chi connectivity index (χ1v) is 2.45.